The summed E-state index contributed by atoms with van der Waals surface area (Å²) in [5, 5.41) is 7.46. The lowest BCUT2D eigenvalue weighted by atomic mass is 10.2. The number of hydrogen-bond donors (Lipinski definition) is 1. The molecule has 132 valence electrons. The monoisotopic (exact) mass is 348 g/mol. The summed E-state index contributed by atoms with van der Waals surface area (Å²) in [6, 6.07) is 13.0. The van der Waals surface area contributed by atoms with Gasteiger partial charge in [0.2, 0.25) is 0 Å². The number of amides is 1. The van der Waals surface area contributed by atoms with Crippen molar-refractivity contribution in [2.75, 3.05) is 0 Å². The fourth-order valence-electron chi connectivity index (χ4n) is 2.82. The van der Waals surface area contributed by atoms with Crippen molar-refractivity contribution in [2.45, 2.75) is 25.3 Å². The summed E-state index contributed by atoms with van der Waals surface area (Å²) in [7, 11) is 1.65. The summed E-state index contributed by atoms with van der Waals surface area (Å²) in [5.74, 6) is 0.383. The number of rotatable bonds is 5. The van der Waals surface area contributed by atoms with E-state index in [0.29, 0.717) is 18.0 Å². The van der Waals surface area contributed by atoms with E-state index in [-0.39, 0.29) is 11.5 Å². The Morgan fingerprint density at radius 2 is 1.92 bits per heavy atom. The van der Waals surface area contributed by atoms with Crippen molar-refractivity contribution in [2.24, 2.45) is 7.05 Å². The summed E-state index contributed by atoms with van der Waals surface area (Å²) in [6.45, 7) is 0.404. The molecule has 1 aromatic carbocycles. The highest BCUT2D eigenvalue weighted by molar-refractivity contribution is 5.93. The SMILES string of the molecule is Cn1ccc(C(=O)NCc2ccc(-n3ccc(C4CC4)n3)cc2)cc1=O. The molecule has 0 atom stereocenters. The topological polar surface area (TPSA) is 68.9 Å². The molecule has 1 aliphatic rings. The summed E-state index contributed by atoms with van der Waals surface area (Å²) >= 11 is 0. The predicted molar refractivity (Wildman–Crippen MR) is 98.4 cm³/mol. The van der Waals surface area contributed by atoms with Crippen molar-refractivity contribution >= 4 is 5.91 Å². The molecule has 0 radical (unpaired) electrons. The maximum atomic E-state index is 12.2. The highest BCUT2D eigenvalue weighted by Gasteiger charge is 2.25. The second kappa shape index (κ2) is 6.63. The standard InChI is InChI=1S/C20H20N4O2/c1-23-10-8-16(12-19(23)25)20(26)21-13-14-2-6-17(7-3-14)24-11-9-18(22-24)15-4-5-15/h2-3,6-12,15H,4-5,13H2,1H3,(H,21,26). The van der Waals surface area contributed by atoms with E-state index in [1.54, 1.807) is 19.3 Å². The van der Waals surface area contributed by atoms with Gasteiger partial charge in [-0.15, -0.1) is 0 Å². The Morgan fingerprint density at radius 1 is 1.15 bits per heavy atom. The zero-order valence-corrected chi connectivity index (χ0v) is 14.6. The highest BCUT2D eigenvalue weighted by Crippen LogP contribution is 2.39. The Balaban J connectivity index is 1.39. The zero-order chi connectivity index (χ0) is 18.1. The van der Waals surface area contributed by atoms with Gasteiger partial charge in [-0.25, -0.2) is 4.68 Å². The van der Waals surface area contributed by atoms with Gasteiger partial charge in [-0.2, -0.15) is 5.10 Å². The zero-order valence-electron chi connectivity index (χ0n) is 14.6. The first kappa shape index (κ1) is 16.3. The van der Waals surface area contributed by atoms with E-state index in [9.17, 15) is 9.59 Å². The number of carbonyl (C=O) groups is 1. The van der Waals surface area contributed by atoms with Crippen molar-refractivity contribution < 1.29 is 4.79 Å². The van der Waals surface area contributed by atoms with Crippen LogP contribution in [-0.2, 0) is 13.6 Å². The van der Waals surface area contributed by atoms with Crippen LogP contribution in [0.5, 0.6) is 0 Å². The minimum absolute atomic E-state index is 0.202. The Kier molecular flexibility index (Phi) is 4.16. The van der Waals surface area contributed by atoms with Crippen molar-refractivity contribution in [1.82, 2.24) is 19.7 Å². The molecule has 1 aliphatic carbocycles. The van der Waals surface area contributed by atoms with E-state index in [4.69, 9.17) is 0 Å². The number of pyridine rings is 1. The van der Waals surface area contributed by atoms with Crippen LogP contribution in [0.1, 0.15) is 40.4 Å². The molecular formula is C20H20N4O2. The van der Waals surface area contributed by atoms with Crippen LogP contribution in [0.25, 0.3) is 5.69 Å². The molecule has 6 nitrogen and oxygen atoms in total. The number of aromatic nitrogens is 3. The number of hydrogen-bond acceptors (Lipinski definition) is 3. The summed E-state index contributed by atoms with van der Waals surface area (Å²) in [4.78, 5) is 23.8. The van der Waals surface area contributed by atoms with Crippen LogP contribution in [0.4, 0.5) is 0 Å². The molecule has 0 bridgehead atoms. The Bertz CT molecular complexity index is 997. The lowest BCUT2D eigenvalue weighted by Crippen LogP contribution is -2.25. The van der Waals surface area contributed by atoms with Crippen LogP contribution in [-0.4, -0.2) is 20.3 Å². The van der Waals surface area contributed by atoms with E-state index in [0.717, 1.165) is 16.9 Å². The minimum atomic E-state index is -0.257. The summed E-state index contributed by atoms with van der Waals surface area (Å²) in [5.41, 5.74) is 3.31. The molecule has 2 aromatic heterocycles. The van der Waals surface area contributed by atoms with Gasteiger partial charge in [0, 0.05) is 43.5 Å². The third-order valence-electron chi connectivity index (χ3n) is 4.63. The van der Waals surface area contributed by atoms with Crippen molar-refractivity contribution in [3.63, 3.8) is 0 Å². The first-order chi connectivity index (χ1) is 12.6. The highest BCUT2D eigenvalue weighted by atomic mass is 16.2. The van der Waals surface area contributed by atoms with Crippen molar-refractivity contribution in [1.29, 1.82) is 0 Å². The van der Waals surface area contributed by atoms with Crippen LogP contribution in [0.3, 0.4) is 0 Å². The predicted octanol–water partition coefficient (Wildman–Crippen LogP) is 2.38. The molecule has 3 aromatic rings. The second-order valence-electron chi connectivity index (χ2n) is 6.67. The molecule has 1 N–H and O–H groups in total. The van der Waals surface area contributed by atoms with Gasteiger partial charge in [-0.05, 0) is 42.7 Å². The summed E-state index contributed by atoms with van der Waals surface area (Å²) < 4.78 is 3.31. The first-order valence-corrected chi connectivity index (χ1v) is 8.70. The molecule has 6 heteroatoms. The Hall–Kier alpha value is -3.15. The van der Waals surface area contributed by atoms with Crippen LogP contribution in [0.15, 0.2) is 59.7 Å². The Morgan fingerprint density at radius 3 is 2.62 bits per heavy atom. The Labute approximate surface area is 151 Å². The second-order valence-corrected chi connectivity index (χ2v) is 6.67. The van der Waals surface area contributed by atoms with Crippen molar-refractivity contribution in [3.8, 4) is 5.69 Å². The van der Waals surface area contributed by atoms with E-state index < -0.39 is 0 Å². The van der Waals surface area contributed by atoms with Gasteiger partial charge in [0.1, 0.15) is 0 Å². The molecule has 0 unspecified atom stereocenters. The largest absolute Gasteiger partial charge is 0.348 e. The van der Waals surface area contributed by atoms with Crippen LogP contribution in [0, 0.1) is 0 Å². The fourth-order valence-corrected chi connectivity index (χ4v) is 2.82. The number of carbonyl (C=O) groups excluding carboxylic acids is 1. The quantitative estimate of drug-likeness (QED) is 0.770. The van der Waals surface area contributed by atoms with Gasteiger partial charge in [0.05, 0.1) is 11.4 Å². The van der Waals surface area contributed by atoms with Crippen molar-refractivity contribution in [3.05, 3.63) is 82.0 Å². The lowest BCUT2D eigenvalue weighted by molar-refractivity contribution is 0.0950. The van der Waals surface area contributed by atoms with E-state index in [1.807, 2.05) is 35.1 Å². The lowest BCUT2D eigenvalue weighted by Gasteiger charge is -2.07. The van der Waals surface area contributed by atoms with Gasteiger partial charge < -0.3 is 9.88 Å². The molecule has 1 fully saturated rings. The van der Waals surface area contributed by atoms with Gasteiger partial charge >= 0.3 is 0 Å². The first-order valence-electron chi connectivity index (χ1n) is 8.70. The molecule has 1 saturated carbocycles. The number of aryl methyl sites for hydroxylation is 1. The van der Waals surface area contributed by atoms with Crippen LogP contribution >= 0.6 is 0 Å². The molecule has 0 aliphatic heterocycles. The average molecular weight is 348 g/mol. The van der Waals surface area contributed by atoms with Gasteiger partial charge in [-0.1, -0.05) is 12.1 Å². The molecule has 26 heavy (non-hydrogen) atoms. The maximum absolute atomic E-state index is 12.2. The van der Waals surface area contributed by atoms with E-state index in [2.05, 4.69) is 16.5 Å². The van der Waals surface area contributed by atoms with Crippen LogP contribution < -0.4 is 10.9 Å². The molecule has 2 heterocycles. The van der Waals surface area contributed by atoms with E-state index >= 15 is 0 Å². The number of nitrogens with one attached hydrogen (secondary N) is 1. The average Bonchev–Trinajstić information content (AvgIpc) is 3.39. The molecule has 4 rings (SSSR count). The van der Waals surface area contributed by atoms with Gasteiger partial charge in [0.25, 0.3) is 11.5 Å². The number of benzene rings is 1. The minimum Gasteiger partial charge on any atom is -0.348 e. The molecule has 0 saturated heterocycles. The molecule has 0 spiro atoms. The van der Waals surface area contributed by atoms with Gasteiger partial charge in [0.15, 0.2) is 0 Å². The third kappa shape index (κ3) is 3.44. The molecular weight excluding hydrogens is 328 g/mol. The summed E-state index contributed by atoms with van der Waals surface area (Å²) in [6.07, 6.45) is 6.05. The molecule has 1 amide bonds. The smallest absolute Gasteiger partial charge is 0.251 e. The fraction of sp³-hybridized carbons (Fsp3) is 0.250. The van der Waals surface area contributed by atoms with Crippen LogP contribution in [0.2, 0.25) is 0 Å². The van der Waals surface area contributed by atoms with E-state index in [1.165, 1.54) is 23.5 Å². The normalized spacial score (nSPS) is 13.6. The third-order valence-corrected chi connectivity index (χ3v) is 4.63. The van der Waals surface area contributed by atoms with Gasteiger partial charge in [-0.3, -0.25) is 9.59 Å². The number of nitrogens with zero attached hydrogens (tertiary/aromatic N) is 3. The maximum Gasteiger partial charge on any atom is 0.251 e.